The second-order valence-electron chi connectivity index (χ2n) is 6.22. The molecule has 0 aliphatic carbocycles. The van der Waals surface area contributed by atoms with Crippen LogP contribution in [0.2, 0.25) is 0 Å². The Morgan fingerprint density at radius 2 is 2.15 bits per heavy atom. The first-order chi connectivity index (χ1) is 12.8. The van der Waals surface area contributed by atoms with E-state index >= 15 is 0 Å². The Morgan fingerprint density at radius 3 is 2.70 bits per heavy atom. The van der Waals surface area contributed by atoms with Crippen molar-refractivity contribution in [3.8, 4) is 0 Å². The Bertz CT molecular complexity index is 614. The normalized spacial score (nSPS) is 15.5. The number of rotatable bonds is 13. The third-order valence-electron chi connectivity index (χ3n) is 3.89. The van der Waals surface area contributed by atoms with Gasteiger partial charge in [0.2, 0.25) is 0 Å². The lowest BCUT2D eigenvalue weighted by Gasteiger charge is -2.29. The third kappa shape index (κ3) is 7.96. The lowest BCUT2D eigenvalue weighted by atomic mass is 10.0. The molecule has 0 aliphatic rings. The standard InChI is InChI=1S/C19H31BrFN5O/c1-5-24-19(20)14(11-22)9-18(25-13(4)23)26-17-8-7-15(21)10-16(17)12(3)27-6-2/h7-8,10-11,13-14,18-19,22,24-26H,3,5-6,9,23H2,1-2,4H3. The maximum absolute atomic E-state index is 13.7. The van der Waals surface area contributed by atoms with Crippen LogP contribution in [0, 0.1) is 17.1 Å². The number of anilines is 1. The summed E-state index contributed by atoms with van der Waals surface area (Å²) in [5.74, 6) is -0.0421. The fourth-order valence-corrected chi connectivity index (χ4v) is 3.38. The molecule has 6 nitrogen and oxygen atoms in total. The number of alkyl halides is 1. The van der Waals surface area contributed by atoms with Gasteiger partial charge in [-0.1, -0.05) is 29.4 Å². The van der Waals surface area contributed by atoms with E-state index in [1.165, 1.54) is 18.3 Å². The summed E-state index contributed by atoms with van der Waals surface area (Å²) in [6, 6.07) is 4.43. The molecule has 4 unspecified atom stereocenters. The Balaban J connectivity index is 3.05. The van der Waals surface area contributed by atoms with E-state index in [2.05, 4.69) is 38.5 Å². The van der Waals surface area contributed by atoms with Crippen molar-refractivity contribution < 1.29 is 9.13 Å². The number of hydrogen-bond donors (Lipinski definition) is 5. The van der Waals surface area contributed by atoms with Gasteiger partial charge in [-0.25, -0.2) is 4.39 Å². The first-order valence-electron chi connectivity index (χ1n) is 9.10. The molecule has 4 atom stereocenters. The molecule has 0 aliphatic heterocycles. The van der Waals surface area contributed by atoms with E-state index in [0.29, 0.717) is 30.0 Å². The molecular formula is C19H31BrFN5O. The molecule has 0 amide bonds. The highest BCUT2D eigenvalue weighted by Gasteiger charge is 2.22. The summed E-state index contributed by atoms with van der Waals surface area (Å²) in [4.78, 5) is -0.0368. The van der Waals surface area contributed by atoms with Gasteiger partial charge < -0.3 is 26.5 Å². The minimum atomic E-state index is -0.363. The quantitative estimate of drug-likeness (QED) is 0.106. The smallest absolute Gasteiger partial charge is 0.124 e. The molecule has 0 aromatic heterocycles. The highest BCUT2D eigenvalue weighted by molar-refractivity contribution is 9.09. The van der Waals surface area contributed by atoms with E-state index in [1.54, 1.807) is 6.07 Å². The molecule has 0 saturated heterocycles. The summed E-state index contributed by atoms with van der Waals surface area (Å²) in [5.41, 5.74) is 7.17. The third-order valence-corrected chi connectivity index (χ3v) is 4.89. The van der Waals surface area contributed by atoms with Gasteiger partial charge in [0.25, 0.3) is 0 Å². The fourth-order valence-electron chi connectivity index (χ4n) is 2.69. The van der Waals surface area contributed by atoms with Gasteiger partial charge in [0.15, 0.2) is 0 Å². The zero-order valence-electron chi connectivity index (χ0n) is 16.2. The molecule has 0 spiro atoms. The summed E-state index contributed by atoms with van der Waals surface area (Å²) in [7, 11) is 0. The van der Waals surface area contributed by atoms with Gasteiger partial charge in [0.05, 0.1) is 23.9 Å². The van der Waals surface area contributed by atoms with E-state index in [4.69, 9.17) is 15.9 Å². The Morgan fingerprint density at radius 1 is 1.44 bits per heavy atom. The van der Waals surface area contributed by atoms with Gasteiger partial charge in [-0.05, 0) is 45.0 Å². The van der Waals surface area contributed by atoms with Crippen LogP contribution in [0.25, 0.3) is 5.76 Å². The molecule has 0 fully saturated rings. The van der Waals surface area contributed by atoms with Gasteiger partial charge >= 0.3 is 0 Å². The van der Waals surface area contributed by atoms with Crippen LogP contribution in [0.4, 0.5) is 10.1 Å². The molecule has 6 N–H and O–H groups in total. The van der Waals surface area contributed by atoms with Crippen molar-refractivity contribution in [2.24, 2.45) is 11.7 Å². The minimum absolute atomic E-state index is 0.0368. The van der Waals surface area contributed by atoms with Crippen LogP contribution in [-0.4, -0.2) is 36.6 Å². The largest absolute Gasteiger partial charge is 0.494 e. The Labute approximate surface area is 169 Å². The molecule has 0 radical (unpaired) electrons. The van der Waals surface area contributed by atoms with Crippen LogP contribution < -0.4 is 21.7 Å². The molecule has 1 aromatic carbocycles. The Kier molecular flexibility index (Phi) is 10.5. The van der Waals surface area contributed by atoms with Crippen LogP contribution in [0.5, 0.6) is 0 Å². The maximum atomic E-state index is 13.7. The van der Waals surface area contributed by atoms with Gasteiger partial charge in [-0.3, -0.25) is 5.32 Å². The molecule has 0 bridgehead atoms. The van der Waals surface area contributed by atoms with Crippen molar-refractivity contribution in [2.45, 2.75) is 44.5 Å². The summed E-state index contributed by atoms with van der Waals surface area (Å²) in [5, 5.41) is 17.6. The van der Waals surface area contributed by atoms with E-state index in [-0.39, 0.29) is 29.0 Å². The van der Waals surface area contributed by atoms with Crippen LogP contribution >= 0.6 is 15.9 Å². The zero-order valence-corrected chi connectivity index (χ0v) is 17.8. The van der Waals surface area contributed by atoms with Gasteiger partial charge in [-0.2, -0.15) is 0 Å². The number of hydrogen-bond acceptors (Lipinski definition) is 6. The molecule has 1 rings (SSSR count). The van der Waals surface area contributed by atoms with Crippen molar-refractivity contribution in [2.75, 3.05) is 18.5 Å². The summed E-state index contributed by atoms with van der Waals surface area (Å²) >= 11 is 3.58. The van der Waals surface area contributed by atoms with E-state index in [1.807, 2.05) is 20.8 Å². The highest BCUT2D eigenvalue weighted by Crippen LogP contribution is 2.26. The van der Waals surface area contributed by atoms with Crippen molar-refractivity contribution in [3.05, 3.63) is 36.2 Å². The lowest BCUT2D eigenvalue weighted by Crippen LogP contribution is -2.48. The number of halogens is 2. The SMILES string of the molecule is C=C(OCC)c1cc(F)ccc1NC(CC(C=N)C(Br)NCC)NC(C)N. The van der Waals surface area contributed by atoms with Gasteiger partial charge in [0.1, 0.15) is 11.6 Å². The predicted molar refractivity (Wildman–Crippen MR) is 115 cm³/mol. The van der Waals surface area contributed by atoms with Crippen LogP contribution in [0.15, 0.2) is 24.8 Å². The number of benzene rings is 1. The maximum Gasteiger partial charge on any atom is 0.124 e. The topological polar surface area (TPSA) is 95.2 Å². The second-order valence-corrected chi connectivity index (χ2v) is 7.21. The lowest BCUT2D eigenvalue weighted by molar-refractivity contribution is 0.299. The molecule has 8 heteroatoms. The monoisotopic (exact) mass is 443 g/mol. The van der Waals surface area contributed by atoms with E-state index in [0.717, 1.165) is 6.54 Å². The van der Waals surface area contributed by atoms with Gasteiger partial charge in [-0.15, -0.1) is 0 Å². The van der Waals surface area contributed by atoms with Crippen LogP contribution in [0.1, 0.15) is 32.8 Å². The summed E-state index contributed by atoms with van der Waals surface area (Å²) < 4.78 is 19.2. The van der Waals surface area contributed by atoms with Crippen molar-refractivity contribution >= 4 is 33.6 Å². The molecule has 27 heavy (non-hydrogen) atoms. The fraction of sp³-hybridized carbons (Fsp3) is 0.526. The van der Waals surface area contributed by atoms with E-state index < -0.39 is 0 Å². The predicted octanol–water partition coefficient (Wildman–Crippen LogP) is 3.45. The van der Waals surface area contributed by atoms with Crippen molar-refractivity contribution in [1.29, 1.82) is 5.41 Å². The zero-order chi connectivity index (χ0) is 20.4. The van der Waals surface area contributed by atoms with Crippen LogP contribution in [-0.2, 0) is 4.74 Å². The van der Waals surface area contributed by atoms with Crippen LogP contribution in [0.3, 0.4) is 0 Å². The summed E-state index contributed by atoms with van der Waals surface area (Å²) in [6.45, 7) is 10.8. The Hall–Kier alpha value is -1.48. The number of ether oxygens (including phenoxy) is 1. The average molecular weight is 444 g/mol. The minimum Gasteiger partial charge on any atom is -0.494 e. The number of nitrogens with two attached hydrogens (primary N) is 1. The first kappa shape index (κ1) is 23.6. The van der Waals surface area contributed by atoms with E-state index in [9.17, 15) is 4.39 Å². The summed E-state index contributed by atoms with van der Waals surface area (Å²) in [6.07, 6.45) is 1.49. The average Bonchev–Trinajstić information content (AvgIpc) is 2.60. The highest BCUT2D eigenvalue weighted by atomic mass is 79.9. The molecular weight excluding hydrogens is 413 g/mol. The molecule has 0 saturated carbocycles. The van der Waals surface area contributed by atoms with Crippen molar-refractivity contribution in [3.63, 3.8) is 0 Å². The number of nitrogens with one attached hydrogen (secondary N) is 4. The molecule has 0 heterocycles. The van der Waals surface area contributed by atoms with Gasteiger partial charge in [0, 0.05) is 23.4 Å². The second kappa shape index (κ2) is 12.1. The molecule has 1 aromatic rings. The molecule has 152 valence electrons. The van der Waals surface area contributed by atoms with Crippen molar-refractivity contribution in [1.82, 2.24) is 10.6 Å². The first-order valence-corrected chi connectivity index (χ1v) is 10.0.